The van der Waals surface area contributed by atoms with Gasteiger partial charge in [-0.3, -0.25) is 39.9 Å². The topological polar surface area (TPSA) is 530 Å². The second kappa shape index (κ2) is 20.9. The average Bonchev–Trinajstić information content (AvgIpc) is 2.93. The molecule has 9 atom stereocenters. The van der Waals surface area contributed by atoms with Crippen molar-refractivity contribution in [3.05, 3.63) is 0 Å². The molecule has 1 aliphatic rings. The molecular formula is C12H24O35S9. The Morgan fingerprint density at radius 2 is 0.946 bits per heavy atom. The summed E-state index contributed by atoms with van der Waals surface area (Å²) in [4.78, 5) is 0. The van der Waals surface area contributed by atoms with Crippen LogP contribution in [0.5, 0.6) is 0 Å². The van der Waals surface area contributed by atoms with Gasteiger partial charge in [-0.2, -0.15) is 50.5 Å². The number of rotatable bonds is 26. The zero-order valence-electron chi connectivity index (χ0n) is 25.6. The van der Waals surface area contributed by atoms with Crippen LogP contribution >= 0.6 is 0 Å². The Bertz CT molecular complexity index is 2220. The van der Waals surface area contributed by atoms with Gasteiger partial charge in [0.2, 0.25) is 0 Å². The van der Waals surface area contributed by atoms with Crippen molar-refractivity contribution < 1.29 is 150 Å². The lowest BCUT2D eigenvalue weighted by Crippen LogP contribution is -2.64. The predicted molar refractivity (Wildman–Crippen MR) is 161 cm³/mol. The highest BCUT2D eigenvalue weighted by atomic mass is 32.3. The highest BCUT2D eigenvalue weighted by Crippen LogP contribution is 2.34. The van der Waals surface area contributed by atoms with Gasteiger partial charge in [-0.05, 0) is 0 Å². The summed E-state index contributed by atoms with van der Waals surface area (Å²) >= 11 is 0. The molecule has 0 aromatic heterocycles. The fraction of sp³-hybridized carbons (Fsp3) is 1.00. The minimum atomic E-state index is -6.35. The van der Waals surface area contributed by atoms with Crippen LogP contribution in [0.4, 0.5) is 0 Å². The minimum Gasteiger partial charge on any atom is -0.341 e. The van der Waals surface area contributed by atoms with Gasteiger partial charge in [0.25, 0.3) is 33.0 Å². The van der Waals surface area contributed by atoms with Crippen LogP contribution in [0, 0.1) is 0 Å². The zero-order chi connectivity index (χ0) is 43.8. The third-order valence-electron chi connectivity index (χ3n) is 5.41. The van der Waals surface area contributed by atoms with Crippen LogP contribution in [0.3, 0.4) is 0 Å². The van der Waals surface area contributed by atoms with Crippen molar-refractivity contribution in [2.75, 3.05) is 19.8 Å². The summed E-state index contributed by atoms with van der Waals surface area (Å²) in [6.45, 7) is -5.94. The van der Waals surface area contributed by atoms with Crippen LogP contribution in [0.15, 0.2) is 0 Å². The summed E-state index contributed by atoms with van der Waals surface area (Å²) in [6.07, 6.45) is -29.5. The normalized spacial score (nSPS) is 24.3. The monoisotopic (exact) mass is 1020 g/mol. The molecule has 1 fully saturated rings. The number of thiol groups is 3. The quantitative estimate of drug-likeness (QED) is 0.0287. The van der Waals surface area contributed by atoms with Gasteiger partial charge < -0.3 is 9.47 Å². The lowest BCUT2D eigenvalue weighted by atomic mass is 9.98. The van der Waals surface area contributed by atoms with Crippen molar-refractivity contribution in [3.8, 4) is 0 Å². The summed E-state index contributed by atoms with van der Waals surface area (Å²) in [5.41, 5.74) is 0. The SMILES string of the molecule is O=[SH](=O)OC[C@H](OS(=O)(=O)O)[C@@H](O[C@@H]1O[C@H](CO[SH](=O)=O)[C@@H](O[SH](=O)=O)[C@H](OS(=O)(=O)O)[C@H]1OS(=O)(=O)O)[C@H](OS(=O)(=O)O)[C@@H](COS(=O)(=O)O)OS(=O)(=O)O. The van der Waals surface area contributed by atoms with Crippen LogP contribution in [0.25, 0.3) is 0 Å². The molecule has 44 heteroatoms. The van der Waals surface area contributed by atoms with Crippen LogP contribution < -0.4 is 0 Å². The van der Waals surface area contributed by atoms with Gasteiger partial charge in [0.1, 0.15) is 42.7 Å². The Balaban J connectivity index is 4.46. The highest BCUT2D eigenvalue weighted by molar-refractivity contribution is 7.82. The van der Waals surface area contributed by atoms with E-state index >= 15 is 0 Å². The largest absolute Gasteiger partial charge is 0.397 e. The van der Waals surface area contributed by atoms with E-state index < -0.39 is 170 Å². The summed E-state index contributed by atoms with van der Waals surface area (Å²) < 4.78 is 311. The molecule has 0 amide bonds. The zero-order valence-corrected chi connectivity index (χ0v) is 33.2. The maximum absolute atomic E-state index is 11.9. The molecule has 0 aromatic rings. The molecule has 0 aliphatic carbocycles. The van der Waals surface area contributed by atoms with E-state index in [1.54, 1.807) is 0 Å². The Morgan fingerprint density at radius 1 is 0.500 bits per heavy atom. The molecule has 0 radical (unpaired) electrons. The summed E-state index contributed by atoms with van der Waals surface area (Å²) in [5.74, 6) is 0. The highest BCUT2D eigenvalue weighted by Gasteiger charge is 2.56. The molecule has 1 rings (SSSR count). The van der Waals surface area contributed by atoms with Crippen molar-refractivity contribution in [3.63, 3.8) is 0 Å². The molecule has 0 aromatic carbocycles. The summed E-state index contributed by atoms with van der Waals surface area (Å²) in [7, 11) is -49.6. The molecule has 0 bridgehead atoms. The first kappa shape index (κ1) is 52.9. The van der Waals surface area contributed by atoms with Crippen molar-refractivity contribution >= 4 is 95.3 Å². The molecule has 0 spiro atoms. The lowest BCUT2D eigenvalue weighted by Gasteiger charge is -2.45. The van der Waals surface area contributed by atoms with E-state index in [9.17, 15) is 98.5 Å². The summed E-state index contributed by atoms with van der Waals surface area (Å²) in [5, 5.41) is 0. The van der Waals surface area contributed by atoms with E-state index in [0.717, 1.165) is 0 Å². The van der Waals surface area contributed by atoms with E-state index in [-0.39, 0.29) is 0 Å². The minimum absolute atomic E-state index is 1.66. The van der Waals surface area contributed by atoms with E-state index in [1.807, 2.05) is 0 Å². The first-order valence-corrected chi connectivity index (χ1v) is 24.0. The fourth-order valence-electron chi connectivity index (χ4n) is 3.93. The standard InChI is InChI=1S/C12H24O35S9/c13-48(14)37-1-4-8(42-50(17)18)10(46-55(31,32)33)11(47-56(34,35)36)12(40-4)41-7(5(2-38-49(15)16)43-52(22,23)24)9(45-54(28,29)30)6(44-53(25,26)27)3-39-51(19,20)21/h4-12,48-50H,1-3H2,(H,19,20,21)(H,22,23,24)(H,25,26,27)(H,28,29,30)(H,31,32,33)(H,34,35,36)/t4-,5+,6-,7-,8-,9-,10+,11-,12+/m1/s1. The molecular weight excluding hydrogens is 993 g/mol. The third-order valence-corrected chi connectivity index (χ3v) is 9.35. The van der Waals surface area contributed by atoms with Gasteiger partial charge in [0.15, 0.2) is 12.4 Å². The third kappa shape index (κ3) is 22.3. The molecule has 35 nitrogen and oxygen atoms in total. The van der Waals surface area contributed by atoms with Gasteiger partial charge in [-0.1, -0.05) is 0 Å². The molecule has 0 saturated carbocycles. The van der Waals surface area contributed by atoms with Crippen LogP contribution in [-0.4, -0.2) is 178 Å². The van der Waals surface area contributed by atoms with Gasteiger partial charge in [-0.25, -0.2) is 50.4 Å². The van der Waals surface area contributed by atoms with Gasteiger partial charge >= 0.3 is 62.4 Å². The van der Waals surface area contributed by atoms with E-state index in [2.05, 4.69) is 37.6 Å². The van der Waals surface area contributed by atoms with E-state index in [1.165, 1.54) is 0 Å². The smallest absolute Gasteiger partial charge is 0.341 e. The first-order chi connectivity index (χ1) is 25.0. The number of ether oxygens (including phenoxy) is 2. The lowest BCUT2D eigenvalue weighted by molar-refractivity contribution is -0.312. The second-order valence-electron chi connectivity index (χ2n) is 9.28. The second-order valence-corrected chi connectivity index (χ2v) is 17.7. The summed E-state index contributed by atoms with van der Waals surface area (Å²) in [6, 6.07) is 0. The van der Waals surface area contributed by atoms with Crippen LogP contribution in [0.1, 0.15) is 0 Å². The maximum Gasteiger partial charge on any atom is 0.397 e. The molecule has 1 saturated heterocycles. The predicted octanol–water partition coefficient (Wildman–Crippen LogP) is -8.15. The first-order valence-electron chi connectivity index (χ1n) is 12.5. The van der Waals surface area contributed by atoms with Crippen molar-refractivity contribution in [1.29, 1.82) is 0 Å². The molecule has 1 heterocycles. The fourth-order valence-corrected chi connectivity index (χ4v) is 7.68. The van der Waals surface area contributed by atoms with Gasteiger partial charge in [0.05, 0.1) is 19.8 Å². The Hall–Kier alpha value is -1.13. The number of hydrogen-bond acceptors (Lipinski definition) is 29. The van der Waals surface area contributed by atoms with Gasteiger partial charge in [-0.15, -0.1) is 0 Å². The van der Waals surface area contributed by atoms with E-state index in [0.29, 0.717) is 0 Å². The molecule has 336 valence electrons. The number of hydrogen-bond donors (Lipinski definition) is 9. The average molecular weight is 1020 g/mol. The maximum atomic E-state index is 11.9. The molecule has 56 heavy (non-hydrogen) atoms. The Morgan fingerprint density at radius 3 is 1.34 bits per heavy atom. The molecule has 6 N–H and O–H groups in total. The molecule has 1 aliphatic heterocycles. The van der Waals surface area contributed by atoms with Crippen molar-refractivity contribution in [2.45, 2.75) is 55.1 Å². The van der Waals surface area contributed by atoms with E-state index in [4.69, 9.17) is 14.0 Å². The molecule has 0 unspecified atom stereocenters. The van der Waals surface area contributed by atoms with Crippen molar-refractivity contribution in [1.82, 2.24) is 0 Å². The Kier molecular flexibility index (Phi) is 19.7. The van der Waals surface area contributed by atoms with Crippen LogP contribution in [-0.2, 0) is 142 Å². The van der Waals surface area contributed by atoms with Crippen molar-refractivity contribution in [2.24, 2.45) is 0 Å². The van der Waals surface area contributed by atoms with Crippen LogP contribution in [0.2, 0.25) is 0 Å². The van der Waals surface area contributed by atoms with Gasteiger partial charge in [0, 0.05) is 0 Å². The Labute approximate surface area is 319 Å².